The Balaban J connectivity index is 2.27. The highest BCUT2D eigenvalue weighted by Crippen LogP contribution is 2.56. The molecule has 1 saturated carbocycles. The first-order chi connectivity index (χ1) is 5.68. The van der Waals surface area contributed by atoms with E-state index in [9.17, 15) is 0 Å². The molecule has 0 bridgehead atoms. The molecule has 2 unspecified atom stereocenters. The summed E-state index contributed by atoms with van der Waals surface area (Å²) in [5.74, 6) is 1.53. The van der Waals surface area contributed by atoms with Crippen LogP contribution in [0.25, 0.3) is 0 Å². The Morgan fingerprint density at radius 2 is 2.50 bits per heavy atom. The molecule has 2 atom stereocenters. The highest BCUT2D eigenvalue weighted by atomic mass is 35.5. The third-order valence-corrected chi connectivity index (χ3v) is 4.65. The van der Waals surface area contributed by atoms with E-state index in [-0.39, 0.29) is 0 Å². The van der Waals surface area contributed by atoms with Crippen molar-refractivity contribution < 1.29 is 0 Å². The van der Waals surface area contributed by atoms with Crippen LogP contribution in [0.2, 0.25) is 0 Å². The summed E-state index contributed by atoms with van der Waals surface area (Å²) in [6.07, 6.45) is 1.28. The smallest absolute Gasteiger partial charge is 0.0260 e. The quantitative estimate of drug-likeness (QED) is 0.641. The van der Waals surface area contributed by atoms with Gasteiger partial charge in [-0.3, -0.25) is 0 Å². The zero-order valence-corrected chi connectivity index (χ0v) is 9.00. The summed E-state index contributed by atoms with van der Waals surface area (Å²) in [5.41, 5.74) is 1.86. The topological polar surface area (TPSA) is 0 Å². The van der Waals surface area contributed by atoms with Crippen molar-refractivity contribution in [2.24, 2.45) is 5.92 Å². The molecule has 1 fully saturated rings. The van der Waals surface area contributed by atoms with Gasteiger partial charge in [0.2, 0.25) is 0 Å². The molecule has 1 aromatic heterocycles. The second-order valence-electron chi connectivity index (χ2n) is 3.91. The lowest BCUT2D eigenvalue weighted by molar-refractivity contribution is 0.716. The normalized spacial score (nSPS) is 33.8. The van der Waals surface area contributed by atoms with Crippen molar-refractivity contribution in [2.75, 3.05) is 5.88 Å². The number of aryl methyl sites for hydroxylation is 1. The molecule has 1 aromatic rings. The van der Waals surface area contributed by atoms with Crippen LogP contribution in [0.4, 0.5) is 0 Å². The fourth-order valence-corrected chi connectivity index (χ4v) is 3.54. The molecule has 0 nitrogen and oxygen atoms in total. The molecule has 0 saturated heterocycles. The van der Waals surface area contributed by atoms with Gasteiger partial charge in [0.05, 0.1) is 0 Å². The van der Waals surface area contributed by atoms with Crippen molar-refractivity contribution in [2.45, 2.75) is 25.7 Å². The molecule has 12 heavy (non-hydrogen) atoms. The van der Waals surface area contributed by atoms with Crippen LogP contribution in [0.15, 0.2) is 11.4 Å². The molecule has 1 aliphatic carbocycles. The highest BCUT2D eigenvalue weighted by Gasteiger charge is 2.51. The highest BCUT2D eigenvalue weighted by molar-refractivity contribution is 7.10. The molecular weight excluding hydrogens is 188 g/mol. The van der Waals surface area contributed by atoms with Gasteiger partial charge in [0.15, 0.2) is 0 Å². The summed E-state index contributed by atoms with van der Waals surface area (Å²) >= 11 is 7.74. The number of hydrogen-bond donors (Lipinski definition) is 0. The average molecular weight is 201 g/mol. The van der Waals surface area contributed by atoms with Gasteiger partial charge < -0.3 is 0 Å². The van der Waals surface area contributed by atoms with Crippen LogP contribution in [-0.2, 0) is 5.41 Å². The minimum Gasteiger partial charge on any atom is -0.148 e. The Hall–Kier alpha value is -0.0100. The van der Waals surface area contributed by atoms with Crippen molar-refractivity contribution in [3.8, 4) is 0 Å². The van der Waals surface area contributed by atoms with Gasteiger partial charge in [-0.1, -0.05) is 6.92 Å². The molecule has 1 heterocycles. The predicted octanol–water partition coefficient (Wildman–Crippen LogP) is 3.57. The number of thiophene rings is 1. The summed E-state index contributed by atoms with van der Waals surface area (Å²) in [5, 5.41) is 2.18. The molecule has 66 valence electrons. The monoisotopic (exact) mass is 200 g/mol. The fraction of sp³-hybridized carbons (Fsp3) is 0.600. The van der Waals surface area contributed by atoms with Crippen LogP contribution in [0, 0.1) is 12.8 Å². The largest absolute Gasteiger partial charge is 0.148 e. The van der Waals surface area contributed by atoms with E-state index in [0.29, 0.717) is 5.41 Å². The van der Waals surface area contributed by atoms with Crippen LogP contribution >= 0.6 is 22.9 Å². The van der Waals surface area contributed by atoms with E-state index in [4.69, 9.17) is 11.6 Å². The maximum Gasteiger partial charge on any atom is 0.0260 e. The summed E-state index contributed by atoms with van der Waals surface area (Å²) in [7, 11) is 0. The van der Waals surface area contributed by atoms with Gasteiger partial charge in [-0.2, -0.15) is 0 Å². The zero-order chi connectivity index (χ0) is 8.77. The summed E-state index contributed by atoms with van der Waals surface area (Å²) in [6, 6.07) is 2.20. The van der Waals surface area contributed by atoms with Gasteiger partial charge in [-0.05, 0) is 36.3 Å². The number of rotatable bonds is 2. The van der Waals surface area contributed by atoms with Gasteiger partial charge in [0.1, 0.15) is 0 Å². The first-order valence-electron chi connectivity index (χ1n) is 4.29. The standard InChI is InChI=1S/C10H13ClS/c1-7-3-4-12-9(7)10(2)5-8(10)6-11/h3-4,8H,5-6H2,1-2H3. The van der Waals surface area contributed by atoms with E-state index in [1.54, 1.807) is 4.88 Å². The van der Waals surface area contributed by atoms with Gasteiger partial charge in [0.25, 0.3) is 0 Å². The molecule has 2 heteroatoms. The SMILES string of the molecule is Cc1ccsc1C1(C)CC1CCl. The van der Waals surface area contributed by atoms with Crippen LogP contribution in [0.3, 0.4) is 0 Å². The van der Waals surface area contributed by atoms with Crippen LogP contribution < -0.4 is 0 Å². The lowest BCUT2D eigenvalue weighted by Gasteiger charge is -2.08. The summed E-state index contributed by atoms with van der Waals surface area (Å²) in [4.78, 5) is 1.55. The van der Waals surface area contributed by atoms with Crippen molar-refractivity contribution in [3.63, 3.8) is 0 Å². The Morgan fingerprint density at radius 1 is 1.75 bits per heavy atom. The van der Waals surface area contributed by atoms with E-state index in [2.05, 4.69) is 25.3 Å². The molecule has 0 aromatic carbocycles. The van der Waals surface area contributed by atoms with Crippen LogP contribution in [0.5, 0.6) is 0 Å². The van der Waals surface area contributed by atoms with Gasteiger partial charge in [0, 0.05) is 16.2 Å². The van der Waals surface area contributed by atoms with Crippen molar-refractivity contribution in [3.05, 3.63) is 21.9 Å². The van der Waals surface area contributed by atoms with Crippen LogP contribution in [0.1, 0.15) is 23.8 Å². The maximum absolute atomic E-state index is 5.86. The third kappa shape index (κ3) is 1.11. The number of alkyl halides is 1. The Morgan fingerprint density at radius 3 is 2.92 bits per heavy atom. The van der Waals surface area contributed by atoms with Crippen molar-refractivity contribution >= 4 is 22.9 Å². The summed E-state index contributed by atoms with van der Waals surface area (Å²) in [6.45, 7) is 4.53. The molecule has 0 spiro atoms. The van der Waals surface area contributed by atoms with E-state index in [1.165, 1.54) is 12.0 Å². The van der Waals surface area contributed by atoms with Gasteiger partial charge in [-0.15, -0.1) is 22.9 Å². The van der Waals surface area contributed by atoms with Gasteiger partial charge in [-0.25, -0.2) is 0 Å². The number of hydrogen-bond acceptors (Lipinski definition) is 1. The molecule has 0 radical (unpaired) electrons. The Bertz CT molecular complexity index is 292. The summed E-state index contributed by atoms with van der Waals surface area (Å²) < 4.78 is 0. The minimum absolute atomic E-state index is 0.417. The van der Waals surface area contributed by atoms with E-state index >= 15 is 0 Å². The maximum atomic E-state index is 5.86. The van der Waals surface area contributed by atoms with E-state index < -0.39 is 0 Å². The predicted molar refractivity (Wildman–Crippen MR) is 55.2 cm³/mol. The minimum atomic E-state index is 0.417. The van der Waals surface area contributed by atoms with Crippen LogP contribution in [-0.4, -0.2) is 5.88 Å². The zero-order valence-electron chi connectivity index (χ0n) is 7.43. The number of halogens is 1. The molecule has 0 amide bonds. The fourth-order valence-electron chi connectivity index (χ4n) is 1.91. The van der Waals surface area contributed by atoms with E-state index in [0.717, 1.165) is 11.8 Å². The molecule has 0 aliphatic heterocycles. The average Bonchev–Trinajstić information content (AvgIpc) is 2.50. The first-order valence-corrected chi connectivity index (χ1v) is 5.70. The Labute approximate surface area is 82.6 Å². The molecular formula is C10H13ClS. The lowest BCUT2D eigenvalue weighted by Crippen LogP contribution is -2.03. The van der Waals surface area contributed by atoms with Crippen molar-refractivity contribution in [1.82, 2.24) is 0 Å². The van der Waals surface area contributed by atoms with Gasteiger partial charge >= 0.3 is 0 Å². The third-order valence-electron chi connectivity index (χ3n) is 2.98. The second kappa shape index (κ2) is 2.74. The molecule has 0 N–H and O–H groups in total. The molecule has 1 aliphatic rings. The molecule has 2 rings (SSSR count). The lowest BCUT2D eigenvalue weighted by atomic mass is 10.0. The Kier molecular flexibility index (Phi) is 1.96. The first kappa shape index (κ1) is 8.58. The second-order valence-corrected chi connectivity index (χ2v) is 5.13. The van der Waals surface area contributed by atoms with E-state index in [1.807, 2.05) is 11.3 Å². The van der Waals surface area contributed by atoms with Crippen molar-refractivity contribution in [1.29, 1.82) is 0 Å².